The summed E-state index contributed by atoms with van der Waals surface area (Å²) in [5.41, 5.74) is 6.23. The number of hydrogen-bond donors (Lipinski definition) is 1. The predicted octanol–water partition coefficient (Wildman–Crippen LogP) is 2.52. The number of anilines is 1. The van der Waals surface area contributed by atoms with Crippen LogP contribution in [0.5, 0.6) is 0 Å². The predicted molar refractivity (Wildman–Crippen MR) is 132 cm³/mol. The average molecular weight is 554 g/mol. The number of nitrogens with zero attached hydrogens (tertiary/aromatic N) is 6. The van der Waals surface area contributed by atoms with Crippen molar-refractivity contribution in [2.24, 2.45) is 0 Å². The van der Waals surface area contributed by atoms with Gasteiger partial charge in [-0.2, -0.15) is 4.98 Å². The third-order valence-corrected chi connectivity index (χ3v) is 8.21. The number of hydrogen-bond acceptors (Lipinski definition) is 12. The first-order valence-electron chi connectivity index (χ1n) is 12.6. The molecule has 38 heavy (non-hydrogen) atoms. The van der Waals surface area contributed by atoms with Crippen molar-refractivity contribution >= 4 is 36.9 Å². The van der Waals surface area contributed by atoms with Crippen molar-refractivity contribution in [2.75, 3.05) is 51.8 Å². The van der Waals surface area contributed by atoms with E-state index in [1.165, 1.54) is 6.20 Å². The minimum Gasteiger partial charge on any atom is -0.422 e. The number of nitrogens with two attached hydrogens (primary N) is 1. The van der Waals surface area contributed by atoms with E-state index >= 15 is 0 Å². The van der Waals surface area contributed by atoms with Crippen molar-refractivity contribution in [3.8, 4) is 0 Å². The lowest BCUT2D eigenvalue weighted by Crippen LogP contribution is -2.30. The van der Waals surface area contributed by atoms with Crippen LogP contribution in [0.15, 0.2) is 12.5 Å². The number of aromatic nitrogens is 4. The molecule has 0 bridgehead atoms. The number of amides is 2. The zero-order valence-corrected chi connectivity index (χ0v) is 21.9. The Morgan fingerprint density at radius 1 is 0.947 bits per heavy atom. The molecule has 0 spiro atoms. The molecule has 3 aliphatic rings. The maximum absolute atomic E-state index is 13.5. The second-order valence-corrected chi connectivity index (χ2v) is 11.6. The highest BCUT2D eigenvalue weighted by Gasteiger charge is 2.47. The molecule has 208 valence electrons. The molecule has 4 heterocycles. The van der Waals surface area contributed by atoms with E-state index in [1.807, 2.05) is 0 Å². The summed E-state index contributed by atoms with van der Waals surface area (Å²) in [4.78, 5) is 39.9. The van der Waals surface area contributed by atoms with Crippen LogP contribution in [0.1, 0.15) is 38.5 Å². The van der Waals surface area contributed by atoms with Crippen molar-refractivity contribution in [2.45, 2.75) is 50.7 Å². The molecule has 0 unspecified atom stereocenters. The standard InChI is InChI=1S/C22H32N7O8P/c23-19-24-11-17-18(26-19)29(13-25-17)12-22(5-6-22)35-16-38(32,36-14-33-20(30)27-7-1-2-8-27)37-15-34-21(31)28-9-3-4-10-28/h11,13H,1-10,12,14-16H2,(H2,23,24,26). The van der Waals surface area contributed by atoms with Crippen LogP contribution >= 0.6 is 7.60 Å². The minimum absolute atomic E-state index is 0.128. The third-order valence-electron chi connectivity index (χ3n) is 6.76. The van der Waals surface area contributed by atoms with Crippen LogP contribution < -0.4 is 5.73 Å². The summed E-state index contributed by atoms with van der Waals surface area (Å²) in [5.74, 6) is 0.128. The minimum atomic E-state index is -3.98. The van der Waals surface area contributed by atoms with Crippen molar-refractivity contribution in [1.29, 1.82) is 0 Å². The van der Waals surface area contributed by atoms with Crippen LogP contribution in [-0.2, 0) is 34.4 Å². The Kier molecular flexibility index (Phi) is 7.98. The van der Waals surface area contributed by atoms with Gasteiger partial charge in [0.15, 0.2) is 5.65 Å². The van der Waals surface area contributed by atoms with Crippen LogP contribution in [0.3, 0.4) is 0 Å². The van der Waals surface area contributed by atoms with Gasteiger partial charge in [0.1, 0.15) is 11.9 Å². The highest BCUT2D eigenvalue weighted by Crippen LogP contribution is 2.52. The molecule has 2 saturated heterocycles. The van der Waals surface area contributed by atoms with E-state index in [0.29, 0.717) is 56.7 Å². The summed E-state index contributed by atoms with van der Waals surface area (Å²) in [6.45, 7) is 1.61. The van der Waals surface area contributed by atoms with Gasteiger partial charge < -0.3 is 34.3 Å². The van der Waals surface area contributed by atoms with E-state index in [2.05, 4.69) is 15.0 Å². The van der Waals surface area contributed by atoms with E-state index in [9.17, 15) is 14.2 Å². The highest BCUT2D eigenvalue weighted by atomic mass is 31.2. The molecule has 0 aromatic carbocycles. The Morgan fingerprint density at radius 3 is 2.08 bits per heavy atom. The lowest BCUT2D eigenvalue weighted by molar-refractivity contribution is -0.0149. The Balaban J connectivity index is 1.18. The number of ether oxygens (including phenoxy) is 3. The van der Waals surface area contributed by atoms with Crippen LogP contribution in [-0.4, -0.2) is 93.2 Å². The summed E-state index contributed by atoms with van der Waals surface area (Å²) < 4.78 is 42.4. The molecular formula is C22H32N7O8P. The number of nitrogen functional groups attached to an aromatic ring is 1. The second-order valence-electron chi connectivity index (χ2n) is 9.58. The quantitative estimate of drug-likeness (QED) is 0.319. The van der Waals surface area contributed by atoms with Crippen molar-refractivity contribution in [3.05, 3.63) is 12.5 Å². The molecule has 5 rings (SSSR count). The number of rotatable bonds is 11. The van der Waals surface area contributed by atoms with Gasteiger partial charge in [-0.1, -0.05) is 0 Å². The zero-order valence-electron chi connectivity index (χ0n) is 21.0. The molecule has 2 N–H and O–H groups in total. The van der Waals surface area contributed by atoms with Gasteiger partial charge in [0.25, 0.3) is 0 Å². The lowest BCUT2D eigenvalue weighted by atomic mass is 10.3. The molecule has 1 saturated carbocycles. The highest BCUT2D eigenvalue weighted by molar-refractivity contribution is 7.53. The first kappa shape index (κ1) is 26.6. The summed E-state index contributed by atoms with van der Waals surface area (Å²) in [6, 6.07) is 0. The number of carbonyl (C=O) groups is 2. The maximum atomic E-state index is 13.5. The number of imidazole rings is 1. The second kappa shape index (κ2) is 11.4. The normalized spacial score (nSPS) is 18.7. The summed E-state index contributed by atoms with van der Waals surface area (Å²) >= 11 is 0. The molecule has 0 radical (unpaired) electrons. The maximum Gasteiger partial charge on any atom is 0.411 e. The van der Waals surface area contributed by atoms with E-state index in [1.54, 1.807) is 20.7 Å². The van der Waals surface area contributed by atoms with Gasteiger partial charge in [-0.25, -0.2) is 19.6 Å². The van der Waals surface area contributed by atoms with Gasteiger partial charge in [0.05, 0.1) is 24.7 Å². The molecule has 0 atom stereocenters. The van der Waals surface area contributed by atoms with Crippen molar-refractivity contribution in [3.63, 3.8) is 0 Å². The van der Waals surface area contributed by atoms with Gasteiger partial charge >= 0.3 is 19.8 Å². The van der Waals surface area contributed by atoms with Gasteiger partial charge in [0.2, 0.25) is 19.5 Å². The van der Waals surface area contributed by atoms with Crippen LogP contribution in [0.25, 0.3) is 11.2 Å². The fourth-order valence-corrected chi connectivity index (χ4v) is 5.49. The molecule has 2 aromatic rings. The van der Waals surface area contributed by atoms with E-state index in [-0.39, 0.29) is 5.95 Å². The van der Waals surface area contributed by atoms with Crippen molar-refractivity contribution < 1.29 is 37.4 Å². The van der Waals surface area contributed by atoms with Gasteiger partial charge in [-0.3, -0.25) is 13.6 Å². The first-order chi connectivity index (χ1) is 18.3. The Bertz CT molecular complexity index is 1160. The van der Waals surface area contributed by atoms with Gasteiger partial charge in [0, 0.05) is 26.2 Å². The molecule has 2 amide bonds. The average Bonchev–Trinajstić information content (AvgIpc) is 3.34. The largest absolute Gasteiger partial charge is 0.422 e. The van der Waals surface area contributed by atoms with Crippen LogP contribution in [0.2, 0.25) is 0 Å². The molecule has 15 nitrogen and oxygen atoms in total. The molecule has 16 heteroatoms. The fourth-order valence-electron chi connectivity index (χ4n) is 4.41. The fraction of sp³-hybridized carbons (Fsp3) is 0.682. The Labute approximate surface area is 219 Å². The summed E-state index contributed by atoms with van der Waals surface area (Å²) in [6.07, 6.45) is 6.62. The Hall–Kier alpha value is -3.00. The molecular weight excluding hydrogens is 521 g/mol. The number of carbonyl (C=O) groups excluding carboxylic acids is 2. The number of fused-ring (bicyclic) bond motifs is 1. The monoisotopic (exact) mass is 553 g/mol. The van der Waals surface area contributed by atoms with Gasteiger partial charge in [-0.05, 0) is 38.5 Å². The first-order valence-corrected chi connectivity index (χ1v) is 14.4. The number of likely N-dealkylation sites (tertiary alicyclic amines) is 2. The smallest absolute Gasteiger partial charge is 0.411 e. The van der Waals surface area contributed by atoms with E-state index in [0.717, 1.165) is 25.7 Å². The molecule has 2 aliphatic heterocycles. The summed E-state index contributed by atoms with van der Waals surface area (Å²) in [5, 5.41) is 0. The lowest BCUT2D eigenvalue weighted by Gasteiger charge is -2.23. The topological polar surface area (TPSA) is 173 Å². The van der Waals surface area contributed by atoms with Crippen LogP contribution in [0, 0.1) is 0 Å². The molecule has 1 aliphatic carbocycles. The molecule has 3 fully saturated rings. The van der Waals surface area contributed by atoms with Crippen molar-refractivity contribution in [1.82, 2.24) is 29.3 Å². The third kappa shape index (κ3) is 6.52. The van der Waals surface area contributed by atoms with Crippen LogP contribution in [0.4, 0.5) is 15.5 Å². The van der Waals surface area contributed by atoms with Gasteiger partial charge in [-0.15, -0.1) is 0 Å². The SMILES string of the molecule is Nc1ncc2ncn(CC3(OCP(=O)(OCOC(=O)N4CCCC4)OCOC(=O)N4CCCC4)CC3)c2n1. The van der Waals surface area contributed by atoms with E-state index in [4.69, 9.17) is 29.0 Å². The summed E-state index contributed by atoms with van der Waals surface area (Å²) in [7, 11) is -3.98. The molecule has 2 aromatic heterocycles. The zero-order chi connectivity index (χ0) is 26.6. The van der Waals surface area contributed by atoms with E-state index < -0.39 is 45.3 Å². The Morgan fingerprint density at radius 2 is 1.53 bits per heavy atom.